The topological polar surface area (TPSA) is 69.6 Å². The summed E-state index contributed by atoms with van der Waals surface area (Å²) in [7, 11) is 1.67. The Bertz CT molecular complexity index is 570. The summed E-state index contributed by atoms with van der Waals surface area (Å²) in [5.74, 6) is -0.476. The van der Waals surface area contributed by atoms with Crippen LogP contribution in [0.1, 0.15) is 38.3 Å². The van der Waals surface area contributed by atoms with E-state index in [4.69, 9.17) is 11.6 Å². The van der Waals surface area contributed by atoms with Gasteiger partial charge in [-0.05, 0) is 44.4 Å². The molecule has 126 valence electrons. The fourth-order valence-electron chi connectivity index (χ4n) is 2.38. The molecule has 3 atom stereocenters. The lowest BCUT2D eigenvalue weighted by Gasteiger charge is -2.31. The predicted octanol–water partition coefficient (Wildman–Crippen LogP) is 2.13. The number of aliphatic hydroxyl groups is 1. The van der Waals surface area contributed by atoms with Gasteiger partial charge in [0, 0.05) is 18.0 Å². The number of benzene rings is 1. The van der Waals surface area contributed by atoms with Gasteiger partial charge >= 0.3 is 0 Å². The fraction of sp³-hybridized carbons (Fsp3) is 0.529. The maximum atomic E-state index is 12.7. The lowest BCUT2D eigenvalue weighted by Crippen LogP contribution is -2.53. The van der Waals surface area contributed by atoms with E-state index >= 15 is 0 Å². The third-order valence-corrected chi connectivity index (χ3v) is 4.53. The molecule has 5 nitrogen and oxygen atoms in total. The summed E-state index contributed by atoms with van der Waals surface area (Å²) in [5.41, 5.74) is 0.933. The number of hydrogen-bond acceptors (Lipinski definition) is 3. The number of nitrogens with zero attached hydrogens (tertiary/aromatic N) is 1. The third-order valence-electron chi connectivity index (χ3n) is 4.28. The van der Waals surface area contributed by atoms with Gasteiger partial charge in [-0.2, -0.15) is 0 Å². The highest BCUT2D eigenvalue weighted by atomic mass is 35.5. The van der Waals surface area contributed by atoms with E-state index in [1.165, 1.54) is 11.8 Å². The van der Waals surface area contributed by atoms with Crippen molar-refractivity contribution >= 4 is 23.4 Å². The number of rotatable bonds is 6. The van der Waals surface area contributed by atoms with Crippen LogP contribution in [0.25, 0.3) is 0 Å². The lowest BCUT2D eigenvalue weighted by atomic mass is 10.0. The molecule has 0 saturated heterocycles. The van der Waals surface area contributed by atoms with E-state index in [0.29, 0.717) is 5.02 Å². The number of likely N-dealkylation sites (N-methyl/N-ethyl adjacent to an activating group) is 1. The minimum atomic E-state index is -0.954. The molecule has 1 fully saturated rings. The highest BCUT2D eigenvalue weighted by molar-refractivity contribution is 6.30. The Hall–Kier alpha value is -1.59. The van der Waals surface area contributed by atoms with E-state index in [9.17, 15) is 14.7 Å². The zero-order valence-electron chi connectivity index (χ0n) is 13.6. The molecule has 2 amide bonds. The zero-order valence-corrected chi connectivity index (χ0v) is 14.4. The van der Waals surface area contributed by atoms with Crippen LogP contribution in [-0.2, 0) is 9.59 Å². The van der Waals surface area contributed by atoms with E-state index in [1.807, 2.05) is 19.1 Å². The number of carbonyl (C=O) groups is 2. The Morgan fingerprint density at radius 3 is 2.30 bits per heavy atom. The smallest absolute Gasteiger partial charge is 0.248 e. The van der Waals surface area contributed by atoms with Gasteiger partial charge < -0.3 is 15.3 Å². The maximum absolute atomic E-state index is 12.7. The SMILES string of the molecule is CC(O)C(NC(=O)C1CC1)C(=O)N(C)C(C)c1ccc(Cl)cc1. The van der Waals surface area contributed by atoms with Crippen molar-refractivity contribution in [2.75, 3.05) is 7.05 Å². The molecule has 1 aromatic rings. The number of aliphatic hydroxyl groups excluding tert-OH is 1. The zero-order chi connectivity index (χ0) is 17.1. The Morgan fingerprint density at radius 2 is 1.83 bits per heavy atom. The van der Waals surface area contributed by atoms with Crippen molar-refractivity contribution in [3.8, 4) is 0 Å². The maximum Gasteiger partial charge on any atom is 0.248 e. The molecule has 1 aliphatic rings. The summed E-state index contributed by atoms with van der Waals surface area (Å²) in [4.78, 5) is 26.1. The van der Waals surface area contributed by atoms with Crippen molar-refractivity contribution in [3.63, 3.8) is 0 Å². The summed E-state index contributed by atoms with van der Waals surface area (Å²) >= 11 is 5.88. The van der Waals surface area contributed by atoms with Gasteiger partial charge in [0.25, 0.3) is 0 Å². The first-order valence-electron chi connectivity index (χ1n) is 7.82. The van der Waals surface area contributed by atoms with E-state index < -0.39 is 12.1 Å². The molecule has 0 spiro atoms. The summed E-state index contributed by atoms with van der Waals surface area (Å²) < 4.78 is 0. The van der Waals surface area contributed by atoms with Crippen LogP contribution in [0.4, 0.5) is 0 Å². The highest BCUT2D eigenvalue weighted by Crippen LogP contribution is 2.29. The van der Waals surface area contributed by atoms with Crippen LogP contribution < -0.4 is 5.32 Å². The molecule has 0 bridgehead atoms. The molecule has 1 aromatic carbocycles. The molecule has 3 unspecified atom stereocenters. The molecule has 0 radical (unpaired) electrons. The molecule has 1 aliphatic carbocycles. The Balaban J connectivity index is 2.07. The molecular weight excluding hydrogens is 316 g/mol. The minimum absolute atomic E-state index is 0.0111. The normalized spacial score (nSPS) is 18.0. The van der Waals surface area contributed by atoms with Gasteiger partial charge in [0.05, 0.1) is 12.1 Å². The molecular formula is C17H23ClN2O3. The van der Waals surface area contributed by atoms with Crippen LogP contribution in [0.3, 0.4) is 0 Å². The van der Waals surface area contributed by atoms with Crippen molar-refractivity contribution in [1.29, 1.82) is 0 Å². The molecule has 0 aromatic heterocycles. The van der Waals surface area contributed by atoms with Crippen molar-refractivity contribution in [3.05, 3.63) is 34.9 Å². The van der Waals surface area contributed by atoms with Gasteiger partial charge in [-0.25, -0.2) is 0 Å². The first-order valence-corrected chi connectivity index (χ1v) is 8.19. The fourth-order valence-corrected chi connectivity index (χ4v) is 2.51. The largest absolute Gasteiger partial charge is 0.391 e. The number of amides is 2. The van der Waals surface area contributed by atoms with E-state index in [2.05, 4.69) is 5.32 Å². The molecule has 1 saturated carbocycles. The second-order valence-corrected chi connectivity index (χ2v) is 6.61. The second-order valence-electron chi connectivity index (χ2n) is 6.18. The molecule has 2 N–H and O–H groups in total. The van der Waals surface area contributed by atoms with Crippen LogP contribution in [0, 0.1) is 5.92 Å². The van der Waals surface area contributed by atoms with E-state index in [0.717, 1.165) is 18.4 Å². The number of halogens is 1. The number of nitrogens with one attached hydrogen (secondary N) is 1. The Labute approximate surface area is 141 Å². The second kappa shape index (κ2) is 7.32. The van der Waals surface area contributed by atoms with Gasteiger partial charge in [-0.1, -0.05) is 23.7 Å². The van der Waals surface area contributed by atoms with Crippen LogP contribution in [0.5, 0.6) is 0 Å². The van der Waals surface area contributed by atoms with Gasteiger partial charge in [0.15, 0.2) is 0 Å². The summed E-state index contributed by atoms with van der Waals surface area (Å²) in [6.45, 7) is 3.40. The van der Waals surface area contributed by atoms with Crippen molar-refractivity contribution in [1.82, 2.24) is 10.2 Å². The summed E-state index contributed by atoms with van der Waals surface area (Å²) in [6.07, 6.45) is 0.748. The summed E-state index contributed by atoms with van der Waals surface area (Å²) in [5, 5.41) is 13.2. The molecule has 2 rings (SSSR count). The van der Waals surface area contributed by atoms with Crippen molar-refractivity contribution in [2.45, 2.75) is 44.9 Å². The third kappa shape index (κ3) is 4.45. The number of carbonyl (C=O) groups excluding carboxylic acids is 2. The van der Waals surface area contributed by atoms with Gasteiger partial charge in [0.2, 0.25) is 11.8 Å². The van der Waals surface area contributed by atoms with Crippen LogP contribution in [0.2, 0.25) is 5.02 Å². The predicted molar refractivity (Wildman–Crippen MR) is 89.0 cm³/mol. The average molecular weight is 339 g/mol. The first kappa shape index (κ1) is 17.8. The monoisotopic (exact) mass is 338 g/mol. The summed E-state index contributed by atoms with van der Waals surface area (Å²) in [6, 6.07) is 6.13. The standard InChI is InChI=1S/C17H23ClN2O3/c1-10(12-6-8-14(18)9-7-12)20(3)17(23)15(11(2)21)19-16(22)13-4-5-13/h6-11,13,15,21H,4-5H2,1-3H3,(H,19,22). The van der Waals surface area contributed by atoms with Crippen molar-refractivity contribution in [2.24, 2.45) is 5.92 Å². The molecule has 0 aliphatic heterocycles. The Kier molecular flexibility index (Phi) is 5.65. The van der Waals surface area contributed by atoms with Gasteiger partial charge in [-0.15, -0.1) is 0 Å². The number of hydrogen-bond donors (Lipinski definition) is 2. The quantitative estimate of drug-likeness (QED) is 0.835. The van der Waals surface area contributed by atoms with Crippen molar-refractivity contribution < 1.29 is 14.7 Å². The van der Waals surface area contributed by atoms with E-state index in [1.54, 1.807) is 19.2 Å². The van der Waals surface area contributed by atoms with Crippen LogP contribution in [0.15, 0.2) is 24.3 Å². The van der Waals surface area contributed by atoms with E-state index in [-0.39, 0.29) is 23.8 Å². The average Bonchev–Trinajstić information content (AvgIpc) is 3.35. The molecule has 0 heterocycles. The highest BCUT2D eigenvalue weighted by Gasteiger charge is 2.36. The van der Waals surface area contributed by atoms with Crippen LogP contribution in [-0.4, -0.2) is 41.0 Å². The first-order chi connectivity index (χ1) is 10.8. The van der Waals surface area contributed by atoms with Gasteiger partial charge in [-0.3, -0.25) is 9.59 Å². The van der Waals surface area contributed by atoms with Crippen LogP contribution >= 0.6 is 11.6 Å². The minimum Gasteiger partial charge on any atom is -0.391 e. The van der Waals surface area contributed by atoms with Gasteiger partial charge in [0.1, 0.15) is 6.04 Å². The molecule has 6 heteroatoms. The lowest BCUT2D eigenvalue weighted by molar-refractivity contribution is -0.140. The Morgan fingerprint density at radius 1 is 1.26 bits per heavy atom. The molecule has 23 heavy (non-hydrogen) atoms.